The van der Waals surface area contributed by atoms with Crippen LogP contribution in [0.4, 0.5) is 0 Å². The van der Waals surface area contributed by atoms with Crippen LogP contribution in [-0.4, -0.2) is 15.6 Å². The molecule has 0 fully saturated rings. The van der Waals surface area contributed by atoms with Gasteiger partial charge in [0.25, 0.3) is 0 Å². The Hall–Kier alpha value is 0.310. The van der Waals surface area contributed by atoms with Gasteiger partial charge >= 0.3 is 0 Å². The molecule has 4 heteroatoms. The van der Waals surface area contributed by atoms with Crippen LogP contribution < -0.4 is 5.73 Å². The third kappa shape index (κ3) is 2.58. The van der Waals surface area contributed by atoms with E-state index in [0.717, 1.165) is 0 Å². The van der Waals surface area contributed by atoms with Crippen LogP contribution in [0.3, 0.4) is 0 Å². The van der Waals surface area contributed by atoms with Crippen LogP contribution in [0.25, 0.3) is 0 Å². The molecule has 4 N–H and O–H groups in total. The normalized spacial score (nSPS) is 15.4. The summed E-state index contributed by atoms with van der Waals surface area (Å²) in [5, 5.41) is 0. The van der Waals surface area contributed by atoms with Crippen LogP contribution in [0.2, 0.25) is 0 Å². The molecule has 8 heavy (non-hydrogen) atoms. The third-order valence-corrected chi connectivity index (χ3v) is 2.08. The van der Waals surface area contributed by atoms with Crippen molar-refractivity contribution in [1.82, 2.24) is 0 Å². The lowest BCUT2D eigenvalue weighted by molar-refractivity contribution is 0.439. The van der Waals surface area contributed by atoms with Crippen molar-refractivity contribution in [2.24, 2.45) is 11.7 Å². The van der Waals surface area contributed by atoms with Crippen molar-refractivity contribution >= 4 is 8.38 Å². The predicted octanol–water partition coefficient (Wildman–Crippen LogP) is 0.224. The van der Waals surface area contributed by atoms with Gasteiger partial charge in [-0.3, -0.25) is 0 Å². The van der Waals surface area contributed by atoms with Crippen molar-refractivity contribution in [2.75, 3.05) is 0 Å². The molecule has 3 nitrogen and oxygen atoms in total. The molecule has 1 atom stereocenters. The van der Waals surface area contributed by atoms with Crippen LogP contribution in [-0.2, 0) is 0 Å². The molecule has 50 valence electrons. The fraction of sp³-hybridized carbons (Fsp3) is 1.00. The molecule has 0 aliphatic rings. The van der Waals surface area contributed by atoms with Crippen LogP contribution in [0.1, 0.15) is 13.8 Å². The quantitative estimate of drug-likeness (QED) is 0.477. The highest BCUT2D eigenvalue weighted by Crippen LogP contribution is 2.31. The minimum absolute atomic E-state index is 0.149. The highest BCUT2D eigenvalue weighted by Gasteiger charge is 2.15. The maximum atomic E-state index is 8.49. The van der Waals surface area contributed by atoms with E-state index in [4.69, 9.17) is 15.5 Å². The van der Waals surface area contributed by atoms with Gasteiger partial charge in [0.15, 0.2) is 8.38 Å². The first-order chi connectivity index (χ1) is 3.55. The number of nitrogens with two attached hydrogens (primary N) is 1. The Bertz CT molecular complexity index is 59.1. The van der Waals surface area contributed by atoms with Gasteiger partial charge in [0.1, 0.15) is 0 Å². The summed E-state index contributed by atoms with van der Waals surface area (Å²) in [4.78, 5) is 17.0. The molecule has 0 amide bonds. The van der Waals surface area contributed by atoms with Crippen molar-refractivity contribution in [1.29, 1.82) is 0 Å². The van der Waals surface area contributed by atoms with Gasteiger partial charge in [-0.15, -0.1) is 0 Å². The molecule has 1 unspecified atom stereocenters. The fourth-order valence-electron chi connectivity index (χ4n) is 0.267. The molecule has 0 aliphatic carbocycles. The predicted molar refractivity (Wildman–Crippen MR) is 34.2 cm³/mol. The summed E-state index contributed by atoms with van der Waals surface area (Å²) in [6.45, 7) is 3.71. The summed E-state index contributed by atoms with van der Waals surface area (Å²) >= 11 is 0. The van der Waals surface area contributed by atoms with Gasteiger partial charge < -0.3 is 15.5 Å². The molecule has 0 heterocycles. The smallest absolute Gasteiger partial charge is 0.183 e. The average molecular weight is 137 g/mol. The summed E-state index contributed by atoms with van der Waals surface area (Å²) < 4.78 is 0. The Labute approximate surface area is 50.4 Å². The summed E-state index contributed by atoms with van der Waals surface area (Å²) in [6.07, 6.45) is 0. The number of rotatable bonds is 2. The second-order valence-corrected chi connectivity index (χ2v) is 3.29. The van der Waals surface area contributed by atoms with Crippen molar-refractivity contribution < 1.29 is 9.79 Å². The zero-order valence-electron chi connectivity index (χ0n) is 5.07. The minimum atomic E-state index is -1.92. The van der Waals surface area contributed by atoms with E-state index in [9.17, 15) is 0 Å². The highest BCUT2D eigenvalue weighted by molar-refractivity contribution is 7.45. The second-order valence-electron chi connectivity index (χ2n) is 2.05. The molecular formula is C4H12NO2P. The molecule has 0 saturated heterocycles. The van der Waals surface area contributed by atoms with Crippen LogP contribution in [0.15, 0.2) is 0 Å². The van der Waals surface area contributed by atoms with E-state index in [2.05, 4.69) is 0 Å². The van der Waals surface area contributed by atoms with E-state index >= 15 is 0 Å². The Balaban J connectivity index is 3.46. The first kappa shape index (κ1) is 8.31. The maximum Gasteiger partial charge on any atom is 0.183 e. The van der Waals surface area contributed by atoms with Crippen LogP contribution in [0.5, 0.6) is 0 Å². The maximum absolute atomic E-state index is 8.49. The van der Waals surface area contributed by atoms with E-state index in [1.807, 2.05) is 13.8 Å². The number of hydrogen-bond acceptors (Lipinski definition) is 3. The zero-order valence-corrected chi connectivity index (χ0v) is 5.97. The van der Waals surface area contributed by atoms with Gasteiger partial charge in [-0.1, -0.05) is 13.8 Å². The van der Waals surface area contributed by atoms with E-state index < -0.39 is 14.2 Å². The van der Waals surface area contributed by atoms with Crippen LogP contribution >= 0.6 is 8.38 Å². The first-order valence-corrected chi connectivity index (χ1v) is 3.80. The summed E-state index contributed by atoms with van der Waals surface area (Å²) in [7, 11) is -1.92. The van der Waals surface area contributed by atoms with Crippen LogP contribution in [0, 0.1) is 5.92 Å². The molecule has 0 aromatic heterocycles. The molecule has 0 rings (SSSR count). The average Bonchev–Trinajstić information content (AvgIpc) is 1.64. The lowest BCUT2D eigenvalue weighted by Crippen LogP contribution is -2.23. The zero-order chi connectivity index (χ0) is 6.73. The minimum Gasteiger partial charge on any atom is -0.349 e. The Kier molecular flexibility index (Phi) is 3.49. The molecule has 0 aromatic rings. The largest absolute Gasteiger partial charge is 0.349 e. The van der Waals surface area contributed by atoms with E-state index in [1.54, 1.807) is 0 Å². The Morgan fingerprint density at radius 2 is 1.75 bits per heavy atom. The monoisotopic (exact) mass is 137 g/mol. The van der Waals surface area contributed by atoms with E-state index in [-0.39, 0.29) is 5.92 Å². The second kappa shape index (κ2) is 3.36. The van der Waals surface area contributed by atoms with Crippen molar-refractivity contribution in [3.8, 4) is 0 Å². The summed E-state index contributed by atoms with van der Waals surface area (Å²) in [5.41, 5.74) is 5.29. The van der Waals surface area contributed by atoms with Gasteiger partial charge in [-0.05, 0) is 5.92 Å². The fourth-order valence-corrected chi connectivity index (χ4v) is 0.800. The van der Waals surface area contributed by atoms with Gasteiger partial charge in [0.2, 0.25) is 0 Å². The van der Waals surface area contributed by atoms with Gasteiger partial charge in [-0.2, -0.15) is 0 Å². The summed E-state index contributed by atoms with van der Waals surface area (Å²) in [6, 6.07) is 0. The van der Waals surface area contributed by atoms with Crippen molar-refractivity contribution in [3.63, 3.8) is 0 Å². The molecule has 0 spiro atoms. The van der Waals surface area contributed by atoms with Gasteiger partial charge in [0.05, 0.1) is 5.78 Å². The molecule has 0 bridgehead atoms. The topological polar surface area (TPSA) is 66.5 Å². The molecule has 0 saturated carbocycles. The highest BCUT2D eigenvalue weighted by atomic mass is 31.2. The third-order valence-electron chi connectivity index (χ3n) is 0.950. The first-order valence-electron chi connectivity index (χ1n) is 2.48. The van der Waals surface area contributed by atoms with Gasteiger partial charge in [0, 0.05) is 0 Å². The van der Waals surface area contributed by atoms with E-state index in [0.29, 0.717) is 0 Å². The molecule has 0 radical (unpaired) electrons. The van der Waals surface area contributed by atoms with E-state index in [1.165, 1.54) is 0 Å². The van der Waals surface area contributed by atoms with Gasteiger partial charge in [-0.25, -0.2) is 0 Å². The van der Waals surface area contributed by atoms with Crippen molar-refractivity contribution in [2.45, 2.75) is 19.6 Å². The lowest BCUT2D eigenvalue weighted by atomic mass is 10.2. The lowest BCUT2D eigenvalue weighted by Gasteiger charge is -2.15. The Morgan fingerprint density at radius 3 is 1.75 bits per heavy atom. The van der Waals surface area contributed by atoms with Crippen molar-refractivity contribution in [3.05, 3.63) is 0 Å². The molecule has 0 aliphatic heterocycles. The standard InChI is InChI=1S/C4H12NO2P/c1-3(2)4(5)8(6)7/h3-4,6-7H,5H2,1-2H3. The molecular weight excluding hydrogens is 125 g/mol. The number of hydrogen-bond donors (Lipinski definition) is 3. The Morgan fingerprint density at radius 1 is 1.38 bits per heavy atom. The molecule has 0 aromatic carbocycles. The SMILES string of the molecule is CC(C)C(N)P(O)O. The summed E-state index contributed by atoms with van der Waals surface area (Å²) in [5.74, 6) is -0.305.